The largest absolute Gasteiger partial charge is 0.438 e. The molecule has 36 heavy (non-hydrogen) atoms. The van der Waals surface area contributed by atoms with Gasteiger partial charge in [0.25, 0.3) is 5.90 Å². The maximum atomic E-state index is 12.4. The van der Waals surface area contributed by atoms with Crippen molar-refractivity contribution in [3.8, 4) is 0 Å². The van der Waals surface area contributed by atoms with Crippen LogP contribution in [0.25, 0.3) is 16.5 Å². The molecule has 1 aromatic heterocycles. The Bertz CT molecular complexity index is 1150. The van der Waals surface area contributed by atoms with E-state index in [9.17, 15) is 8.78 Å². The molecule has 2 N–H and O–H groups in total. The van der Waals surface area contributed by atoms with Gasteiger partial charge in [0, 0.05) is 25.1 Å². The van der Waals surface area contributed by atoms with Gasteiger partial charge in [-0.3, -0.25) is 4.99 Å². The Morgan fingerprint density at radius 1 is 1.19 bits per heavy atom. The van der Waals surface area contributed by atoms with Crippen LogP contribution in [0.3, 0.4) is 0 Å². The predicted octanol–water partition coefficient (Wildman–Crippen LogP) is 7.23. The third-order valence-electron chi connectivity index (χ3n) is 4.84. The first-order valence-corrected chi connectivity index (χ1v) is 11.2. The van der Waals surface area contributed by atoms with Crippen molar-refractivity contribution in [2.24, 2.45) is 9.98 Å². The van der Waals surface area contributed by atoms with Crippen LogP contribution in [0.4, 0.5) is 14.6 Å². The van der Waals surface area contributed by atoms with Crippen LogP contribution >= 0.6 is 0 Å². The number of rotatable bonds is 7. The average molecular weight is 498 g/mol. The minimum absolute atomic E-state index is 0.103. The van der Waals surface area contributed by atoms with Gasteiger partial charge in [-0.25, -0.2) is 9.97 Å². The van der Waals surface area contributed by atoms with Gasteiger partial charge in [0.2, 0.25) is 0 Å². The molecule has 0 spiro atoms. The number of nitrogens with two attached hydrogens (primary N) is 1. The van der Waals surface area contributed by atoms with Crippen molar-refractivity contribution in [3.63, 3.8) is 0 Å². The van der Waals surface area contributed by atoms with Gasteiger partial charge in [-0.15, -0.1) is 0 Å². The molecule has 0 bridgehead atoms. The summed E-state index contributed by atoms with van der Waals surface area (Å²) < 4.78 is 29.8. The summed E-state index contributed by atoms with van der Waals surface area (Å²) in [6.07, 6.45) is 6.82. The van der Waals surface area contributed by atoms with E-state index in [1.165, 1.54) is 30.6 Å². The first-order valence-electron chi connectivity index (χ1n) is 11.2. The van der Waals surface area contributed by atoms with Gasteiger partial charge in [-0.05, 0) is 57.2 Å². The van der Waals surface area contributed by atoms with Crippen molar-refractivity contribution in [3.05, 3.63) is 84.5 Å². The molecule has 0 atom stereocenters. The zero-order chi connectivity index (χ0) is 27.7. The van der Waals surface area contributed by atoms with Crippen LogP contribution in [-0.2, 0) is 4.74 Å². The first kappa shape index (κ1) is 32.1. The van der Waals surface area contributed by atoms with Crippen LogP contribution in [0.15, 0.2) is 88.9 Å². The summed E-state index contributed by atoms with van der Waals surface area (Å²) in [5.74, 6) is -0.0142. The number of anilines is 1. The molecule has 6 nitrogen and oxygen atoms in total. The Hall–Kier alpha value is -3.94. The summed E-state index contributed by atoms with van der Waals surface area (Å²) >= 11 is 0. The summed E-state index contributed by atoms with van der Waals surface area (Å²) in [7, 11) is 2.88. The molecule has 0 unspecified atom stereocenters. The smallest absolute Gasteiger partial charge is 0.312 e. The quantitative estimate of drug-likeness (QED) is 0.189. The Kier molecular flexibility index (Phi) is 15.6. The van der Waals surface area contributed by atoms with E-state index in [1.807, 2.05) is 45.0 Å². The topological polar surface area (TPSA) is 85.8 Å². The number of aromatic nitrogens is 2. The van der Waals surface area contributed by atoms with Crippen LogP contribution in [0.5, 0.6) is 0 Å². The number of fused-ring (bicyclic) bond motifs is 1. The van der Waals surface area contributed by atoms with E-state index < -0.39 is 12.3 Å². The van der Waals surface area contributed by atoms with Crippen LogP contribution in [0.1, 0.15) is 39.7 Å². The number of halogens is 2. The fourth-order valence-corrected chi connectivity index (χ4v) is 2.49. The molecule has 2 aromatic rings. The predicted molar refractivity (Wildman–Crippen MR) is 151 cm³/mol. The van der Waals surface area contributed by atoms with E-state index in [-0.39, 0.29) is 5.76 Å². The van der Waals surface area contributed by atoms with Gasteiger partial charge in [-0.2, -0.15) is 8.78 Å². The lowest BCUT2D eigenvalue weighted by Gasteiger charge is -2.10. The van der Waals surface area contributed by atoms with Crippen molar-refractivity contribution >= 4 is 34.9 Å². The molecule has 0 radical (unpaired) electrons. The Morgan fingerprint density at radius 2 is 1.83 bits per heavy atom. The Labute approximate surface area is 213 Å². The van der Waals surface area contributed by atoms with Gasteiger partial charge in [-0.1, -0.05) is 56.0 Å². The molecule has 0 aliphatic heterocycles. The van der Waals surface area contributed by atoms with E-state index in [0.717, 1.165) is 22.9 Å². The van der Waals surface area contributed by atoms with E-state index in [1.54, 1.807) is 13.1 Å². The number of allylic oxidation sites excluding steroid dienone is 6. The number of nitrogen functional groups attached to an aromatic ring is 1. The third-order valence-corrected chi connectivity index (χ3v) is 4.84. The lowest BCUT2D eigenvalue weighted by Crippen LogP contribution is -2.14. The van der Waals surface area contributed by atoms with Crippen molar-refractivity contribution in [1.29, 1.82) is 0 Å². The zero-order valence-corrected chi connectivity index (χ0v) is 22.1. The normalized spacial score (nSPS) is 12.2. The lowest BCUT2D eigenvalue weighted by atomic mass is 10.1. The number of aliphatic imine (C=N–C) groups is 2. The number of nitrogens with zero attached hydrogens (tertiary/aromatic N) is 4. The fraction of sp³-hybridized carbons (Fsp3) is 0.286. The minimum Gasteiger partial charge on any atom is -0.438 e. The average Bonchev–Trinajstić information content (AvgIpc) is 2.87. The van der Waals surface area contributed by atoms with Crippen molar-refractivity contribution in [1.82, 2.24) is 9.97 Å². The third kappa shape index (κ3) is 11.0. The first-order chi connectivity index (χ1) is 17.1. The Balaban J connectivity index is 0.000000618. The number of hydrogen-bond donors (Lipinski definition) is 1. The standard InChI is InChI=1S/C14H19F2NO.C12H13N3.C2H5N/c1-6-10(3)8-9-12(7-2)11(4)18-14(17-5)13(15)16;1-3-8(2)9-4-5-10-11(6-9)14-7-15-12(10)13;1-3-2/h7-9,13H,2,4,6H2,1,3,5H3;3-7H,1-2H3,(H2,13,14,15);1H2,2H3/b10-8+,12-9+,17-14?;8-3+;. The summed E-state index contributed by atoms with van der Waals surface area (Å²) in [5.41, 5.74) is 10.7. The second kappa shape index (κ2) is 17.5. The van der Waals surface area contributed by atoms with E-state index in [2.05, 4.69) is 52.8 Å². The van der Waals surface area contributed by atoms with Gasteiger partial charge in [0.1, 0.15) is 17.9 Å². The lowest BCUT2D eigenvalue weighted by molar-refractivity contribution is 0.189. The highest BCUT2D eigenvalue weighted by molar-refractivity contribution is 5.90. The molecule has 8 heteroatoms. The van der Waals surface area contributed by atoms with Gasteiger partial charge >= 0.3 is 6.43 Å². The highest BCUT2D eigenvalue weighted by Gasteiger charge is 2.16. The second-order valence-electron chi connectivity index (χ2n) is 7.36. The summed E-state index contributed by atoms with van der Waals surface area (Å²) in [4.78, 5) is 14.8. The van der Waals surface area contributed by atoms with Gasteiger partial charge in [0.05, 0.1) is 5.52 Å². The van der Waals surface area contributed by atoms with Gasteiger partial charge in [0.15, 0.2) is 0 Å². The molecular formula is C28H37F2N5O. The molecule has 2 rings (SSSR count). The number of alkyl halides is 2. The number of hydrogen-bond acceptors (Lipinski definition) is 6. The van der Waals surface area contributed by atoms with Crippen LogP contribution in [-0.4, -0.2) is 43.1 Å². The summed E-state index contributed by atoms with van der Waals surface area (Å²) in [6.45, 7) is 18.4. The maximum absolute atomic E-state index is 12.4. The maximum Gasteiger partial charge on any atom is 0.312 e. The van der Waals surface area contributed by atoms with Crippen LogP contribution in [0, 0.1) is 0 Å². The number of benzene rings is 1. The summed E-state index contributed by atoms with van der Waals surface area (Å²) in [5, 5.41) is 0.908. The van der Waals surface area contributed by atoms with E-state index in [0.29, 0.717) is 11.4 Å². The second-order valence-corrected chi connectivity index (χ2v) is 7.36. The van der Waals surface area contributed by atoms with Crippen molar-refractivity contribution in [2.75, 3.05) is 19.8 Å². The molecule has 0 fully saturated rings. The van der Waals surface area contributed by atoms with Crippen molar-refractivity contribution in [2.45, 2.75) is 40.5 Å². The molecule has 0 aliphatic rings. The minimum atomic E-state index is -2.76. The molecular weight excluding hydrogens is 460 g/mol. The molecule has 1 heterocycles. The molecule has 0 saturated heterocycles. The molecule has 0 amide bonds. The highest BCUT2D eigenvalue weighted by atomic mass is 19.3. The van der Waals surface area contributed by atoms with Crippen LogP contribution in [0.2, 0.25) is 0 Å². The molecule has 194 valence electrons. The SMILES string of the molecule is C/C=C(\C)c1ccc2c(N)ncnc2c1.C=C/C(=C\C=C(/C)CC)C(=C)OC(=NC)C(F)F.C=NC. The highest BCUT2D eigenvalue weighted by Crippen LogP contribution is 2.21. The molecule has 1 aromatic carbocycles. The van der Waals surface area contributed by atoms with E-state index >= 15 is 0 Å². The zero-order valence-electron chi connectivity index (χ0n) is 22.1. The van der Waals surface area contributed by atoms with E-state index in [4.69, 9.17) is 10.5 Å². The number of ether oxygens (including phenoxy) is 1. The monoisotopic (exact) mass is 497 g/mol. The molecule has 0 aliphatic carbocycles. The summed E-state index contributed by atoms with van der Waals surface area (Å²) in [6, 6.07) is 6.03. The fourth-order valence-electron chi connectivity index (χ4n) is 2.49. The van der Waals surface area contributed by atoms with Crippen molar-refractivity contribution < 1.29 is 13.5 Å². The molecule has 0 saturated carbocycles. The van der Waals surface area contributed by atoms with Crippen LogP contribution < -0.4 is 5.73 Å². The Morgan fingerprint density at radius 3 is 2.33 bits per heavy atom. The van der Waals surface area contributed by atoms with Gasteiger partial charge < -0.3 is 15.5 Å².